The van der Waals surface area contributed by atoms with Gasteiger partial charge in [0.1, 0.15) is 11.5 Å². The Morgan fingerprint density at radius 1 is 0.900 bits per heavy atom. The molecule has 0 saturated heterocycles. The molecule has 20 heavy (non-hydrogen) atoms. The Hall–Kier alpha value is -2.17. The number of aryl methyl sites for hydroxylation is 2. The SMILES string of the molecule is Oc1ccccc1CCc1ccc(OC(F)(F)F)cc1. The Bertz CT molecular complexity index is 562. The highest BCUT2D eigenvalue weighted by Crippen LogP contribution is 2.23. The minimum absolute atomic E-state index is 0.226. The molecule has 1 N–H and O–H groups in total. The van der Waals surface area contributed by atoms with Gasteiger partial charge in [-0.15, -0.1) is 13.2 Å². The predicted octanol–water partition coefficient (Wildman–Crippen LogP) is 4.08. The molecular weight excluding hydrogens is 269 g/mol. The summed E-state index contributed by atoms with van der Waals surface area (Å²) in [6.07, 6.45) is -3.42. The van der Waals surface area contributed by atoms with Gasteiger partial charge in [-0.05, 0) is 42.2 Å². The van der Waals surface area contributed by atoms with Crippen LogP contribution in [-0.4, -0.2) is 11.5 Å². The Labute approximate surface area is 114 Å². The summed E-state index contributed by atoms with van der Waals surface area (Å²) in [6, 6.07) is 12.7. The van der Waals surface area contributed by atoms with Crippen LogP contribution in [0.25, 0.3) is 0 Å². The van der Waals surface area contributed by atoms with Gasteiger partial charge in [-0.3, -0.25) is 0 Å². The second-order valence-corrected chi connectivity index (χ2v) is 4.32. The molecule has 0 heterocycles. The monoisotopic (exact) mass is 282 g/mol. The normalized spacial score (nSPS) is 11.3. The van der Waals surface area contributed by atoms with Gasteiger partial charge in [0.05, 0.1) is 0 Å². The lowest BCUT2D eigenvalue weighted by atomic mass is 10.0. The highest BCUT2D eigenvalue weighted by atomic mass is 19.4. The van der Waals surface area contributed by atoms with E-state index in [9.17, 15) is 18.3 Å². The molecule has 0 aliphatic carbocycles. The van der Waals surface area contributed by atoms with E-state index in [0.717, 1.165) is 11.1 Å². The molecule has 5 heteroatoms. The summed E-state index contributed by atoms with van der Waals surface area (Å²) in [6.45, 7) is 0. The van der Waals surface area contributed by atoms with Crippen molar-refractivity contribution < 1.29 is 23.0 Å². The third-order valence-corrected chi connectivity index (χ3v) is 2.83. The van der Waals surface area contributed by atoms with Crippen molar-refractivity contribution in [2.75, 3.05) is 0 Å². The minimum Gasteiger partial charge on any atom is -0.508 e. The topological polar surface area (TPSA) is 29.5 Å². The molecule has 0 aliphatic heterocycles. The summed E-state index contributed by atoms with van der Waals surface area (Å²) >= 11 is 0. The second kappa shape index (κ2) is 5.86. The molecule has 0 atom stereocenters. The third-order valence-electron chi connectivity index (χ3n) is 2.83. The van der Waals surface area contributed by atoms with Crippen LogP contribution in [0, 0.1) is 0 Å². The van der Waals surface area contributed by atoms with Crippen LogP contribution in [0.1, 0.15) is 11.1 Å². The lowest BCUT2D eigenvalue weighted by molar-refractivity contribution is -0.274. The van der Waals surface area contributed by atoms with Gasteiger partial charge in [0.25, 0.3) is 0 Å². The van der Waals surface area contributed by atoms with E-state index < -0.39 is 6.36 Å². The molecular formula is C15H13F3O2. The number of phenolic OH excluding ortho intramolecular Hbond substituents is 1. The molecule has 0 spiro atoms. The number of alkyl halides is 3. The van der Waals surface area contributed by atoms with E-state index in [1.54, 1.807) is 24.3 Å². The number of rotatable bonds is 4. The first kappa shape index (κ1) is 14.2. The Kier molecular flexibility index (Phi) is 4.17. The molecule has 0 unspecified atom stereocenters. The molecule has 2 aromatic carbocycles. The largest absolute Gasteiger partial charge is 0.573 e. The van der Waals surface area contributed by atoms with Gasteiger partial charge >= 0.3 is 6.36 Å². The third kappa shape index (κ3) is 4.19. The average Bonchev–Trinajstić information content (AvgIpc) is 2.38. The van der Waals surface area contributed by atoms with Crippen molar-refractivity contribution in [2.45, 2.75) is 19.2 Å². The van der Waals surface area contributed by atoms with E-state index in [4.69, 9.17) is 0 Å². The molecule has 0 bridgehead atoms. The summed E-state index contributed by atoms with van der Waals surface area (Å²) < 4.78 is 39.8. The number of ether oxygens (including phenoxy) is 1. The lowest BCUT2D eigenvalue weighted by Gasteiger charge is -2.09. The maximum Gasteiger partial charge on any atom is 0.573 e. The summed E-state index contributed by atoms with van der Waals surface area (Å²) in [5.41, 5.74) is 1.69. The van der Waals surface area contributed by atoms with Crippen LogP contribution in [0.4, 0.5) is 13.2 Å². The van der Waals surface area contributed by atoms with Gasteiger partial charge in [-0.25, -0.2) is 0 Å². The maximum absolute atomic E-state index is 12.0. The molecule has 0 amide bonds. The fraction of sp³-hybridized carbons (Fsp3) is 0.200. The van der Waals surface area contributed by atoms with E-state index in [1.807, 2.05) is 12.1 Å². The van der Waals surface area contributed by atoms with Crippen molar-refractivity contribution in [1.29, 1.82) is 0 Å². The van der Waals surface area contributed by atoms with E-state index in [2.05, 4.69) is 4.74 Å². The average molecular weight is 282 g/mol. The smallest absolute Gasteiger partial charge is 0.508 e. The number of hydrogen-bond donors (Lipinski definition) is 1. The van der Waals surface area contributed by atoms with E-state index in [-0.39, 0.29) is 11.5 Å². The second-order valence-electron chi connectivity index (χ2n) is 4.32. The number of hydrogen-bond acceptors (Lipinski definition) is 2. The van der Waals surface area contributed by atoms with Gasteiger partial charge in [0.15, 0.2) is 0 Å². The zero-order chi connectivity index (χ0) is 14.6. The zero-order valence-corrected chi connectivity index (χ0v) is 10.5. The van der Waals surface area contributed by atoms with Gasteiger partial charge in [0.2, 0.25) is 0 Å². The van der Waals surface area contributed by atoms with Crippen LogP contribution in [0.5, 0.6) is 11.5 Å². The van der Waals surface area contributed by atoms with Crippen LogP contribution in [0.15, 0.2) is 48.5 Å². The molecule has 0 radical (unpaired) electrons. The zero-order valence-electron chi connectivity index (χ0n) is 10.5. The highest BCUT2D eigenvalue weighted by Gasteiger charge is 2.30. The van der Waals surface area contributed by atoms with Crippen molar-refractivity contribution >= 4 is 0 Å². The standard InChI is InChI=1S/C15H13F3O2/c16-15(17,18)20-13-9-6-11(7-10-13)5-8-12-3-1-2-4-14(12)19/h1-4,6-7,9-10,19H,5,8H2. The molecule has 2 aromatic rings. The van der Waals surface area contributed by atoms with Crippen LogP contribution < -0.4 is 4.74 Å². The number of halogens is 3. The van der Waals surface area contributed by atoms with Crippen molar-refractivity contribution in [2.24, 2.45) is 0 Å². The highest BCUT2D eigenvalue weighted by molar-refractivity contribution is 5.33. The Morgan fingerprint density at radius 3 is 2.15 bits per heavy atom. The van der Waals surface area contributed by atoms with E-state index in [1.165, 1.54) is 12.1 Å². The summed E-state index contributed by atoms with van der Waals surface area (Å²) in [5.74, 6) is -0.00617. The number of para-hydroxylation sites is 1. The fourth-order valence-electron chi connectivity index (χ4n) is 1.86. The quantitative estimate of drug-likeness (QED) is 0.915. The fourth-order valence-corrected chi connectivity index (χ4v) is 1.86. The van der Waals surface area contributed by atoms with Crippen LogP contribution in [0.3, 0.4) is 0 Å². The molecule has 106 valence electrons. The van der Waals surface area contributed by atoms with Gasteiger partial charge in [0, 0.05) is 0 Å². The number of aromatic hydroxyl groups is 1. The van der Waals surface area contributed by atoms with Gasteiger partial charge in [-0.1, -0.05) is 30.3 Å². The van der Waals surface area contributed by atoms with Crippen LogP contribution >= 0.6 is 0 Å². The summed E-state index contributed by atoms with van der Waals surface area (Å²) in [7, 11) is 0. The molecule has 0 saturated carbocycles. The van der Waals surface area contributed by atoms with Crippen molar-refractivity contribution in [1.82, 2.24) is 0 Å². The Morgan fingerprint density at radius 2 is 1.55 bits per heavy atom. The summed E-state index contributed by atoms with van der Waals surface area (Å²) in [5, 5.41) is 9.62. The molecule has 0 aliphatic rings. The first-order valence-electron chi connectivity index (χ1n) is 6.05. The molecule has 2 rings (SSSR count). The van der Waals surface area contributed by atoms with Crippen molar-refractivity contribution in [3.05, 3.63) is 59.7 Å². The van der Waals surface area contributed by atoms with E-state index in [0.29, 0.717) is 12.8 Å². The van der Waals surface area contributed by atoms with Gasteiger partial charge < -0.3 is 9.84 Å². The van der Waals surface area contributed by atoms with Crippen molar-refractivity contribution in [3.63, 3.8) is 0 Å². The molecule has 0 aromatic heterocycles. The lowest BCUT2D eigenvalue weighted by Crippen LogP contribution is -2.17. The molecule has 0 fully saturated rings. The minimum atomic E-state index is -4.67. The van der Waals surface area contributed by atoms with Gasteiger partial charge in [-0.2, -0.15) is 0 Å². The van der Waals surface area contributed by atoms with Crippen LogP contribution in [0.2, 0.25) is 0 Å². The van der Waals surface area contributed by atoms with E-state index >= 15 is 0 Å². The number of phenols is 1. The maximum atomic E-state index is 12.0. The van der Waals surface area contributed by atoms with Crippen molar-refractivity contribution in [3.8, 4) is 11.5 Å². The molecule has 2 nitrogen and oxygen atoms in total. The van der Waals surface area contributed by atoms with Crippen LogP contribution in [-0.2, 0) is 12.8 Å². The first-order valence-corrected chi connectivity index (χ1v) is 6.05. The Balaban J connectivity index is 1.96. The summed E-state index contributed by atoms with van der Waals surface area (Å²) in [4.78, 5) is 0. The number of benzene rings is 2. The predicted molar refractivity (Wildman–Crippen MR) is 68.6 cm³/mol. The first-order chi connectivity index (χ1) is 9.44.